The number of carbonyl (C=O) groups is 1. The van der Waals surface area contributed by atoms with Crippen molar-refractivity contribution in [3.63, 3.8) is 0 Å². The van der Waals surface area contributed by atoms with Crippen molar-refractivity contribution in [3.05, 3.63) is 46.2 Å². The number of amides is 1. The highest BCUT2D eigenvalue weighted by molar-refractivity contribution is 7.89. The number of ether oxygens (including phenoxy) is 1. The Morgan fingerprint density at radius 1 is 1.18 bits per heavy atom. The van der Waals surface area contributed by atoms with Crippen LogP contribution in [0.3, 0.4) is 0 Å². The number of sulfonamides is 1. The average Bonchev–Trinajstić information content (AvgIpc) is 3.21. The van der Waals surface area contributed by atoms with Crippen LogP contribution in [0.5, 0.6) is 5.75 Å². The molecule has 1 aromatic heterocycles. The monoisotopic (exact) mass is 420 g/mol. The summed E-state index contributed by atoms with van der Waals surface area (Å²) in [6, 6.07) is 8.49. The SMILES string of the molecule is COc1ccc(S(=O)(=O)N2CCC[C@H](C(=O)N3CCc4sccc4C3)C2)cc1. The lowest BCUT2D eigenvalue weighted by Crippen LogP contribution is -2.47. The Balaban J connectivity index is 1.47. The standard InChI is InChI=1S/C20H24N2O4S2/c1-26-17-4-6-18(7-5-17)28(24,25)22-10-2-3-16(14-22)20(23)21-11-8-19-15(13-21)9-12-27-19/h4-7,9,12,16H,2-3,8,10-11,13-14H2,1H3/t16-/m0/s1. The first-order chi connectivity index (χ1) is 13.5. The van der Waals surface area contributed by atoms with Crippen molar-refractivity contribution in [2.75, 3.05) is 26.7 Å². The van der Waals surface area contributed by atoms with Gasteiger partial charge in [-0.05, 0) is 60.5 Å². The zero-order valence-electron chi connectivity index (χ0n) is 15.8. The second-order valence-corrected chi connectivity index (χ2v) is 10.2. The molecule has 1 fully saturated rings. The third kappa shape index (κ3) is 3.68. The maximum Gasteiger partial charge on any atom is 0.243 e. The molecule has 1 amide bonds. The van der Waals surface area contributed by atoms with Crippen molar-refractivity contribution >= 4 is 27.3 Å². The summed E-state index contributed by atoms with van der Waals surface area (Å²) in [5.74, 6) is 0.414. The summed E-state index contributed by atoms with van der Waals surface area (Å²) in [4.78, 5) is 16.6. The molecule has 0 spiro atoms. The van der Waals surface area contributed by atoms with E-state index in [-0.39, 0.29) is 23.3 Å². The van der Waals surface area contributed by atoms with Gasteiger partial charge in [-0.25, -0.2) is 8.42 Å². The smallest absolute Gasteiger partial charge is 0.243 e. The molecule has 6 nitrogen and oxygen atoms in total. The molecule has 150 valence electrons. The topological polar surface area (TPSA) is 66.9 Å². The second-order valence-electron chi connectivity index (χ2n) is 7.26. The van der Waals surface area contributed by atoms with Gasteiger partial charge in [-0.1, -0.05) is 0 Å². The highest BCUT2D eigenvalue weighted by Crippen LogP contribution is 2.29. The molecule has 0 N–H and O–H groups in total. The van der Waals surface area contributed by atoms with Crippen LogP contribution in [0.4, 0.5) is 0 Å². The van der Waals surface area contributed by atoms with Gasteiger partial charge in [-0.2, -0.15) is 4.31 Å². The van der Waals surface area contributed by atoms with E-state index in [0.29, 0.717) is 31.8 Å². The predicted octanol–water partition coefficient (Wildman–Crippen LogP) is 2.74. The minimum Gasteiger partial charge on any atom is -0.497 e. The zero-order valence-corrected chi connectivity index (χ0v) is 17.5. The third-order valence-electron chi connectivity index (χ3n) is 5.55. The second kappa shape index (κ2) is 7.85. The highest BCUT2D eigenvalue weighted by atomic mass is 32.2. The molecular weight excluding hydrogens is 396 g/mol. The molecule has 3 heterocycles. The van der Waals surface area contributed by atoms with Crippen LogP contribution in [0.2, 0.25) is 0 Å². The van der Waals surface area contributed by atoms with Crippen molar-refractivity contribution in [1.29, 1.82) is 0 Å². The van der Waals surface area contributed by atoms with Gasteiger partial charge < -0.3 is 9.64 Å². The number of piperidine rings is 1. The van der Waals surface area contributed by atoms with E-state index in [2.05, 4.69) is 11.4 Å². The van der Waals surface area contributed by atoms with Crippen LogP contribution < -0.4 is 4.74 Å². The number of nitrogens with zero attached hydrogens (tertiary/aromatic N) is 2. The van der Waals surface area contributed by atoms with Gasteiger partial charge in [0.15, 0.2) is 0 Å². The van der Waals surface area contributed by atoms with E-state index in [1.165, 1.54) is 14.7 Å². The molecule has 0 unspecified atom stereocenters. The molecule has 0 aliphatic carbocycles. The first kappa shape index (κ1) is 19.4. The largest absolute Gasteiger partial charge is 0.497 e. The fourth-order valence-electron chi connectivity index (χ4n) is 3.95. The van der Waals surface area contributed by atoms with E-state index in [9.17, 15) is 13.2 Å². The Morgan fingerprint density at radius 2 is 1.96 bits per heavy atom. The van der Waals surface area contributed by atoms with E-state index < -0.39 is 10.0 Å². The number of fused-ring (bicyclic) bond motifs is 1. The van der Waals surface area contributed by atoms with E-state index in [0.717, 1.165) is 12.8 Å². The lowest BCUT2D eigenvalue weighted by Gasteiger charge is -2.35. The van der Waals surface area contributed by atoms with Crippen LogP contribution in [0, 0.1) is 5.92 Å². The quantitative estimate of drug-likeness (QED) is 0.763. The van der Waals surface area contributed by atoms with Crippen molar-refractivity contribution in [1.82, 2.24) is 9.21 Å². The van der Waals surface area contributed by atoms with Crippen molar-refractivity contribution in [3.8, 4) is 5.75 Å². The van der Waals surface area contributed by atoms with Crippen molar-refractivity contribution in [2.24, 2.45) is 5.92 Å². The molecule has 0 bridgehead atoms. The van der Waals surface area contributed by atoms with Gasteiger partial charge >= 0.3 is 0 Å². The van der Waals surface area contributed by atoms with Crippen LogP contribution in [-0.2, 0) is 27.8 Å². The van der Waals surface area contributed by atoms with Crippen LogP contribution in [0.25, 0.3) is 0 Å². The molecule has 28 heavy (non-hydrogen) atoms. The summed E-state index contributed by atoms with van der Waals surface area (Å²) in [5, 5.41) is 2.07. The lowest BCUT2D eigenvalue weighted by molar-refractivity contribution is -0.137. The van der Waals surface area contributed by atoms with Gasteiger partial charge in [-0.15, -0.1) is 11.3 Å². The fourth-order valence-corrected chi connectivity index (χ4v) is 6.37. The molecule has 1 saturated heterocycles. The Morgan fingerprint density at radius 3 is 2.71 bits per heavy atom. The molecule has 1 aromatic carbocycles. The Bertz CT molecular complexity index is 953. The number of rotatable bonds is 4. The molecule has 0 saturated carbocycles. The molecule has 8 heteroatoms. The molecule has 2 aromatic rings. The number of hydrogen-bond acceptors (Lipinski definition) is 5. The molecule has 2 aliphatic heterocycles. The van der Waals surface area contributed by atoms with E-state index >= 15 is 0 Å². The highest BCUT2D eigenvalue weighted by Gasteiger charge is 2.35. The van der Waals surface area contributed by atoms with E-state index in [4.69, 9.17) is 4.74 Å². The summed E-state index contributed by atoms with van der Waals surface area (Å²) in [7, 11) is -2.07. The summed E-state index contributed by atoms with van der Waals surface area (Å²) in [6.07, 6.45) is 2.32. The molecule has 2 aliphatic rings. The molecule has 0 radical (unpaired) electrons. The van der Waals surface area contributed by atoms with Gasteiger partial charge in [0, 0.05) is 31.1 Å². The maximum absolute atomic E-state index is 13.1. The number of hydrogen-bond donors (Lipinski definition) is 0. The Labute approximate surface area is 169 Å². The van der Waals surface area contributed by atoms with Gasteiger partial charge in [0.25, 0.3) is 0 Å². The van der Waals surface area contributed by atoms with E-state index in [1.54, 1.807) is 42.7 Å². The van der Waals surface area contributed by atoms with E-state index in [1.807, 2.05) is 4.90 Å². The minimum atomic E-state index is -3.62. The Hall–Kier alpha value is -1.90. The zero-order chi connectivity index (χ0) is 19.7. The van der Waals surface area contributed by atoms with Crippen molar-refractivity contribution in [2.45, 2.75) is 30.7 Å². The van der Waals surface area contributed by atoms with Crippen LogP contribution in [0.15, 0.2) is 40.6 Å². The summed E-state index contributed by atoms with van der Waals surface area (Å²) >= 11 is 1.74. The Kier molecular flexibility index (Phi) is 5.44. The van der Waals surface area contributed by atoms with Gasteiger partial charge in [0.1, 0.15) is 5.75 Å². The number of thiophene rings is 1. The normalized spacial score (nSPS) is 20.6. The van der Waals surface area contributed by atoms with Crippen LogP contribution in [-0.4, -0.2) is 50.3 Å². The average molecular weight is 421 g/mol. The molecule has 1 atom stereocenters. The first-order valence-electron chi connectivity index (χ1n) is 9.47. The van der Waals surface area contributed by atoms with Gasteiger partial charge in [0.2, 0.25) is 15.9 Å². The van der Waals surface area contributed by atoms with Crippen molar-refractivity contribution < 1.29 is 17.9 Å². The number of benzene rings is 1. The summed E-state index contributed by atoms with van der Waals surface area (Å²) < 4.78 is 32.6. The third-order valence-corrected chi connectivity index (χ3v) is 8.45. The number of carbonyl (C=O) groups excluding carboxylic acids is 1. The summed E-state index contributed by atoms with van der Waals surface area (Å²) in [5.41, 5.74) is 1.23. The number of methoxy groups -OCH3 is 1. The lowest BCUT2D eigenvalue weighted by atomic mass is 9.97. The molecule has 4 rings (SSSR count). The maximum atomic E-state index is 13.1. The van der Waals surface area contributed by atoms with Crippen LogP contribution >= 0.6 is 11.3 Å². The van der Waals surface area contributed by atoms with Gasteiger partial charge in [-0.3, -0.25) is 4.79 Å². The first-order valence-corrected chi connectivity index (χ1v) is 11.8. The minimum absolute atomic E-state index is 0.0754. The fraction of sp³-hybridized carbons (Fsp3) is 0.450. The predicted molar refractivity (Wildman–Crippen MR) is 108 cm³/mol. The van der Waals surface area contributed by atoms with Crippen LogP contribution in [0.1, 0.15) is 23.3 Å². The molecular formula is C20H24N2O4S2. The summed E-state index contributed by atoms with van der Waals surface area (Å²) in [6.45, 7) is 2.06. The van der Waals surface area contributed by atoms with Gasteiger partial charge in [0.05, 0.1) is 17.9 Å².